The van der Waals surface area contributed by atoms with Crippen molar-refractivity contribution in [3.05, 3.63) is 77.9 Å². The van der Waals surface area contributed by atoms with Gasteiger partial charge in [-0.3, -0.25) is 20.4 Å². The number of hydrogen-bond donors (Lipinski definition) is 2. The summed E-state index contributed by atoms with van der Waals surface area (Å²) in [5.74, 6) is -2.33. The Labute approximate surface area is 160 Å². The number of carboxylic acid groups (broad SMARTS) is 1. The summed E-state index contributed by atoms with van der Waals surface area (Å²) in [7, 11) is 0. The summed E-state index contributed by atoms with van der Waals surface area (Å²) in [5.41, 5.74) is 4.02. The fraction of sp³-hybridized carbons (Fsp3) is 0.0952. The number of carboxylic acids is 1. The number of nitrogens with one attached hydrogen (secondary N) is 2. The number of carbonyl (C=O) groups excluding carboxylic acids is 3. The van der Waals surface area contributed by atoms with Gasteiger partial charge >= 0.3 is 0 Å². The molecular formula is C21H17N2O5-. The van der Waals surface area contributed by atoms with Gasteiger partial charge in [0.15, 0.2) is 6.10 Å². The summed E-state index contributed by atoms with van der Waals surface area (Å²) < 4.78 is 5.62. The molecule has 28 heavy (non-hydrogen) atoms. The molecule has 142 valence electrons. The van der Waals surface area contributed by atoms with Crippen LogP contribution in [0.3, 0.4) is 0 Å². The quantitative estimate of drug-likeness (QED) is 0.654. The lowest BCUT2D eigenvalue weighted by Crippen LogP contribution is -2.47. The van der Waals surface area contributed by atoms with Gasteiger partial charge in [0, 0.05) is 5.56 Å². The van der Waals surface area contributed by atoms with Gasteiger partial charge in [-0.1, -0.05) is 48.5 Å². The summed E-state index contributed by atoms with van der Waals surface area (Å²) in [6.45, 7) is 1.53. The Morgan fingerprint density at radius 1 is 0.857 bits per heavy atom. The molecule has 0 aromatic heterocycles. The summed E-state index contributed by atoms with van der Waals surface area (Å²) in [5, 5.41) is 13.1. The zero-order valence-corrected chi connectivity index (χ0v) is 15.0. The molecule has 3 aromatic carbocycles. The van der Waals surface area contributed by atoms with E-state index in [9.17, 15) is 19.5 Å². The molecule has 7 nitrogen and oxygen atoms in total. The van der Waals surface area contributed by atoms with E-state index >= 15 is 0 Å². The zero-order chi connectivity index (χ0) is 20.1. The van der Waals surface area contributed by atoms with Crippen LogP contribution in [-0.4, -0.2) is 23.9 Å². The lowest BCUT2D eigenvalue weighted by molar-refractivity contribution is -0.255. The lowest BCUT2D eigenvalue weighted by Gasteiger charge is -2.16. The van der Waals surface area contributed by atoms with Gasteiger partial charge in [0.1, 0.15) is 5.75 Å². The smallest absolute Gasteiger partial charge is 0.279 e. The number of carbonyl (C=O) groups is 3. The summed E-state index contributed by atoms with van der Waals surface area (Å²) in [6.07, 6.45) is -0.891. The van der Waals surface area contributed by atoms with E-state index in [0.717, 1.165) is 10.8 Å². The number of benzene rings is 3. The van der Waals surface area contributed by atoms with E-state index in [4.69, 9.17) is 4.74 Å². The zero-order valence-electron chi connectivity index (χ0n) is 15.0. The van der Waals surface area contributed by atoms with E-state index in [1.165, 1.54) is 31.2 Å². The number of aromatic carboxylic acids is 1. The molecule has 0 radical (unpaired) electrons. The Hall–Kier alpha value is -3.87. The fourth-order valence-corrected chi connectivity index (χ4v) is 2.64. The third-order valence-electron chi connectivity index (χ3n) is 4.09. The number of rotatable bonds is 5. The van der Waals surface area contributed by atoms with Crippen molar-refractivity contribution >= 4 is 28.6 Å². The molecule has 3 rings (SSSR count). The van der Waals surface area contributed by atoms with Crippen LogP contribution in [0.15, 0.2) is 66.7 Å². The molecule has 0 saturated carbocycles. The van der Waals surface area contributed by atoms with E-state index in [2.05, 4.69) is 10.9 Å². The van der Waals surface area contributed by atoms with Crippen molar-refractivity contribution in [1.82, 2.24) is 10.9 Å². The number of fused-ring (bicyclic) bond motifs is 1. The predicted octanol–water partition coefficient (Wildman–Crippen LogP) is 1.43. The molecule has 2 amide bonds. The standard InChI is InChI=1S/C21H18N2O5/c1-13(28-16-11-10-14-6-2-3-7-15(14)12-16)19(24)22-23-20(25)17-8-4-5-9-18(17)21(26)27/h2-13H,1H3,(H,22,24)(H,23,25)(H,26,27)/p-1/t13-/m0/s1. The van der Waals surface area contributed by atoms with Crippen molar-refractivity contribution in [1.29, 1.82) is 0 Å². The number of hydrazine groups is 1. The Bertz CT molecular complexity index is 1050. The van der Waals surface area contributed by atoms with E-state index in [0.29, 0.717) is 5.75 Å². The number of ether oxygens (including phenoxy) is 1. The van der Waals surface area contributed by atoms with Crippen LogP contribution in [0.4, 0.5) is 0 Å². The molecule has 0 heterocycles. The molecule has 0 bridgehead atoms. The molecule has 0 aliphatic heterocycles. The molecular weight excluding hydrogens is 360 g/mol. The minimum atomic E-state index is -1.48. The van der Waals surface area contributed by atoms with E-state index in [1.54, 1.807) is 6.07 Å². The van der Waals surface area contributed by atoms with E-state index in [1.807, 2.05) is 36.4 Å². The Morgan fingerprint density at radius 2 is 1.50 bits per heavy atom. The van der Waals surface area contributed by atoms with Crippen molar-refractivity contribution in [2.75, 3.05) is 0 Å². The van der Waals surface area contributed by atoms with Crippen LogP contribution < -0.4 is 20.7 Å². The average Bonchev–Trinajstić information content (AvgIpc) is 2.71. The Kier molecular flexibility index (Phi) is 5.55. The monoisotopic (exact) mass is 377 g/mol. The van der Waals surface area contributed by atoms with E-state index < -0.39 is 23.9 Å². The largest absolute Gasteiger partial charge is 0.545 e. The number of hydrogen-bond acceptors (Lipinski definition) is 5. The molecule has 0 unspecified atom stereocenters. The SMILES string of the molecule is C[C@H](Oc1ccc2ccccc2c1)C(=O)NNC(=O)c1ccccc1C(=O)[O-]. The minimum absolute atomic E-state index is 0.120. The molecule has 2 N–H and O–H groups in total. The number of amides is 2. The van der Waals surface area contributed by atoms with Gasteiger partial charge in [0.25, 0.3) is 11.8 Å². The van der Waals surface area contributed by atoms with Crippen LogP contribution in [0.25, 0.3) is 10.8 Å². The normalized spacial score (nSPS) is 11.5. The Morgan fingerprint density at radius 3 is 2.21 bits per heavy atom. The first kappa shape index (κ1) is 18.9. The highest BCUT2D eigenvalue weighted by molar-refractivity contribution is 6.04. The lowest BCUT2D eigenvalue weighted by atomic mass is 10.1. The molecule has 7 heteroatoms. The molecule has 0 aliphatic rings. The van der Waals surface area contributed by atoms with Gasteiger partial charge in [0.05, 0.1) is 11.5 Å². The maximum Gasteiger partial charge on any atom is 0.279 e. The van der Waals surface area contributed by atoms with Gasteiger partial charge in [0.2, 0.25) is 0 Å². The second-order valence-electron chi connectivity index (χ2n) is 6.05. The first-order valence-corrected chi connectivity index (χ1v) is 8.52. The second kappa shape index (κ2) is 8.22. The van der Waals surface area contributed by atoms with Crippen LogP contribution in [0.2, 0.25) is 0 Å². The summed E-state index contributed by atoms with van der Waals surface area (Å²) >= 11 is 0. The van der Waals surface area contributed by atoms with Crippen LogP contribution in [0, 0.1) is 0 Å². The maximum absolute atomic E-state index is 12.2. The van der Waals surface area contributed by atoms with Gasteiger partial charge in [-0.2, -0.15) is 0 Å². The summed E-state index contributed by atoms with van der Waals surface area (Å²) in [6, 6.07) is 18.7. The minimum Gasteiger partial charge on any atom is -0.545 e. The first-order chi connectivity index (χ1) is 13.5. The topological polar surface area (TPSA) is 108 Å². The Balaban J connectivity index is 1.61. The predicted molar refractivity (Wildman–Crippen MR) is 100 cm³/mol. The van der Waals surface area contributed by atoms with Crippen LogP contribution in [0.1, 0.15) is 27.6 Å². The fourth-order valence-electron chi connectivity index (χ4n) is 2.64. The highest BCUT2D eigenvalue weighted by Gasteiger charge is 2.17. The highest BCUT2D eigenvalue weighted by atomic mass is 16.5. The molecule has 0 spiro atoms. The maximum atomic E-state index is 12.2. The molecule has 3 aromatic rings. The summed E-state index contributed by atoms with van der Waals surface area (Å²) in [4.78, 5) is 35.4. The van der Waals surface area contributed by atoms with Crippen molar-refractivity contribution in [2.45, 2.75) is 13.0 Å². The van der Waals surface area contributed by atoms with Crippen LogP contribution in [-0.2, 0) is 4.79 Å². The van der Waals surface area contributed by atoms with Crippen molar-refractivity contribution in [3.8, 4) is 5.75 Å². The van der Waals surface area contributed by atoms with Crippen molar-refractivity contribution < 1.29 is 24.2 Å². The molecule has 0 fully saturated rings. The third kappa shape index (κ3) is 4.27. The highest BCUT2D eigenvalue weighted by Crippen LogP contribution is 2.21. The van der Waals surface area contributed by atoms with Crippen LogP contribution >= 0.6 is 0 Å². The van der Waals surface area contributed by atoms with Crippen molar-refractivity contribution in [2.24, 2.45) is 0 Å². The van der Waals surface area contributed by atoms with Gasteiger partial charge in [-0.15, -0.1) is 0 Å². The molecule has 1 atom stereocenters. The van der Waals surface area contributed by atoms with Gasteiger partial charge in [-0.25, -0.2) is 0 Å². The molecule has 0 saturated heterocycles. The molecule has 0 aliphatic carbocycles. The third-order valence-corrected chi connectivity index (χ3v) is 4.09. The van der Waals surface area contributed by atoms with E-state index in [-0.39, 0.29) is 11.1 Å². The average molecular weight is 377 g/mol. The van der Waals surface area contributed by atoms with Gasteiger partial charge in [-0.05, 0) is 35.9 Å². The van der Waals surface area contributed by atoms with Crippen molar-refractivity contribution in [3.63, 3.8) is 0 Å². The first-order valence-electron chi connectivity index (χ1n) is 8.52. The van der Waals surface area contributed by atoms with Gasteiger partial charge < -0.3 is 14.6 Å². The van der Waals surface area contributed by atoms with Crippen LogP contribution in [0.5, 0.6) is 5.75 Å². The second-order valence-corrected chi connectivity index (χ2v) is 6.05.